The predicted molar refractivity (Wildman–Crippen MR) is 62.6 cm³/mol. The molecule has 2 aromatic rings. The Labute approximate surface area is 102 Å². The molecule has 1 heterocycles. The van der Waals surface area contributed by atoms with E-state index >= 15 is 0 Å². The average molecular weight is 257 g/mol. The van der Waals surface area contributed by atoms with E-state index < -0.39 is 0 Å². The second kappa shape index (κ2) is 4.84. The molecule has 0 amide bonds. The van der Waals surface area contributed by atoms with Crippen LogP contribution in [0, 0.1) is 0 Å². The molecule has 1 aromatic carbocycles. The molecule has 5 heteroatoms. The summed E-state index contributed by atoms with van der Waals surface area (Å²) in [5.41, 5.74) is 0. The number of benzene rings is 1. The molecule has 76 valence electrons. The molecule has 0 N–H and O–H groups in total. The minimum Gasteiger partial charge on any atom is -0.158 e. The number of nitrogens with zero attached hydrogens (tertiary/aromatic N) is 2. The van der Waals surface area contributed by atoms with Crippen molar-refractivity contribution in [2.45, 2.75) is 9.92 Å². The molecule has 0 saturated carbocycles. The van der Waals surface area contributed by atoms with Crippen molar-refractivity contribution in [3.63, 3.8) is 0 Å². The summed E-state index contributed by atoms with van der Waals surface area (Å²) in [5, 5.41) is 9.81. The summed E-state index contributed by atoms with van der Waals surface area (Å²) in [6, 6.07) is 9.08. The molecule has 0 aliphatic heterocycles. The first-order valence-corrected chi connectivity index (χ1v) is 5.73. The lowest BCUT2D eigenvalue weighted by molar-refractivity contribution is 0.929. The maximum absolute atomic E-state index is 6.03. The second-order valence-electron chi connectivity index (χ2n) is 2.74. The van der Waals surface area contributed by atoms with Gasteiger partial charge >= 0.3 is 0 Å². The van der Waals surface area contributed by atoms with E-state index in [1.54, 1.807) is 18.3 Å². The van der Waals surface area contributed by atoms with Gasteiger partial charge in [0.05, 0.1) is 5.02 Å². The molecule has 0 spiro atoms. The molecule has 2 rings (SSSR count). The first-order valence-electron chi connectivity index (χ1n) is 4.16. The van der Waals surface area contributed by atoms with Gasteiger partial charge in [-0.25, -0.2) is 0 Å². The van der Waals surface area contributed by atoms with Crippen molar-refractivity contribution in [3.8, 4) is 0 Å². The van der Waals surface area contributed by atoms with Crippen LogP contribution in [0.3, 0.4) is 0 Å². The summed E-state index contributed by atoms with van der Waals surface area (Å²) < 4.78 is 0. The van der Waals surface area contributed by atoms with E-state index in [4.69, 9.17) is 23.2 Å². The minimum atomic E-state index is 0.623. The molecule has 0 saturated heterocycles. The molecule has 0 aliphatic rings. The van der Waals surface area contributed by atoms with Crippen LogP contribution in [0.25, 0.3) is 0 Å². The van der Waals surface area contributed by atoms with E-state index in [1.807, 2.05) is 18.2 Å². The van der Waals surface area contributed by atoms with Crippen LogP contribution in [-0.4, -0.2) is 10.2 Å². The van der Waals surface area contributed by atoms with Gasteiger partial charge < -0.3 is 0 Å². The molecule has 0 aliphatic carbocycles. The largest absolute Gasteiger partial charge is 0.158 e. The maximum atomic E-state index is 6.03. The Bertz CT molecular complexity index is 462. The number of halogens is 2. The highest BCUT2D eigenvalue weighted by Crippen LogP contribution is 2.33. The molecule has 0 unspecified atom stereocenters. The number of aromatic nitrogens is 2. The van der Waals surface area contributed by atoms with Crippen LogP contribution >= 0.6 is 35.0 Å². The molecule has 0 bridgehead atoms. The van der Waals surface area contributed by atoms with Gasteiger partial charge in [-0.15, -0.1) is 5.10 Å². The summed E-state index contributed by atoms with van der Waals surface area (Å²) in [5.74, 6) is 0. The van der Waals surface area contributed by atoms with Gasteiger partial charge in [-0.3, -0.25) is 0 Å². The van der Waals surface area contributed by atoms with E-state index in [2.05, 4.69) is 10.2 Å². The number of rotatable bonds is 2. The van der Waals surface area contributed by atoms with Crippen molar-refractivity contribution in [1.29, 1.82) is 0 Å². The molecular weight excluding hydrogens is 251 g/mol. The number of hydrogen-bond acceptors (Lipinski definition) is 3. The van der Waals surface area contributed by atoms with Crippen molar-refractivity contribution < 1.29 is 0 Å². The highest BCUT2D eigenvalue weighted by atomic mass is 35.5. The quantitative estimate of drug-likeness (QED) is 0.815. The van der Waals surface area contributed by atoms with E-state index in [9.17, 15) is 0 Å². The third-order valence-electron chi connectivity index (χ3n) is 1.66. The Balaban J connectivity index is 2.25. The van der Waals surface area contributed by atoms with E-state index in [-0.39, 0.29) is 0 Å². The van der Waals surface area contributed by atoms with Crippen molar-refractivity contribution in [2.75, 3.05) is 0 Å². The molecule has 2 nitrogen and oxygen atoms in total. The van der Waals surface area contributed by atoms with Crippen molar-refractivity contribution in [2.24, 2.45) is 0 Å². The SMILES string of the molecule is Clc1ccc(Sc2cccnn2)c(Cl)c1. The number of hydrogen-bond donors (Lipinski definition) is 0. The molecule has 0 fully saturated rings. The Hall–Kier alpha value is -0.770. The van der Waals surface area contributed by atoms with Crippen LogP contribution in [0.5, 0.6) is 0 Å². The summed E-state index contributed by atoms with van der Waals surface area (Å²) in [7, 11) is 0. The minimum absolute atomic E-state index is 0.623. The second-order valence-corrected chi connectivity index (χ2v) is 4.64. The zero-order chi connectivity index (χ0) is 10.7. The third-order valence-corrected chi connectivity index (χ3v) is 3.32. The van der Waals surface area contributed by atoms with Gasteiger partial charge in [0.25, 0.3) is 0 Å². The van der Waals surface area contributed by atoms with Gasteiger partial charge in [-0.1, -0.05) is 35.0 Å². The lowest BCUT2D eigenvalue weighted by Gasteiger charge is -2.02. The van der Waals surface area contributed by atoms with Crippen LogP contribution < -0.4 is 0 Å². The Morgan fingerprint density at radius 1 is 1.13 bits per heavy atom. The summed E-state index contributed by atoms with van der Waals surface area (Å²) in [6.07, 6.45) is 1.63. The molecule has 0 atom stereocenters. The fourth-order valence-corrected chi connectivity index (χ4v) is 2.29. The fraction of sp³-hybridized carbons (Fsp3) is 0. The first-order chi connectivity index (χ1) is 7.25. The van der Waals surface area contributed by atoms with Crippen LogP contribution in [-0.2, 0) is 0 Å². The standard InChI is InChI=1S/C10H6Cl2N2S/c11-7-3-4-9(8(12)6-7)15-10-2-1-5-13-14-10/h1-6H. The predicted octanol–water partition coefficient (Wildman–Crippen LogP) is 3.93. The van der Waals surface area contributed by atoms with Crippen molar-refractivity contribution >= 4 is 35.0 Å². The Morgan fingerprint density at radius 2 is 2.00 bits per heavy atom. The summed E-state index contributed by atoms with van der Waals surface area (Å²) >= 11 is 13.3. The van der Waals surface area contributed by atoms with Crippen molar-refractivity contribution in [3.05, 3.63) is 46.6 Å². The highest BCUT2D eigenvalue weighted by molar-refractivity contribution is 7.99. The van der Waals surface area contributed by atoms with E-state index in [1.165, 1.54) is 11.8 Å². The normalized spacial score (nSPS) is 10.3. The summed E-state index contributed by atoms with van der Waals surface area (Å²) in [4.78, 5) is 0.918. The molecule has 15 heavy (non-hydrogen) atoms. The van der Waals surface area contributed by atoms with Crippen LogP contribution in [0.15, 0.2) is 46.5 Å². The van der Waals surface area contributed by atoms with Crippen LogP contribution in [0.4, 0.5) is 0 Å². The smallest absolute Gasteiger partial charge is 0.124 e. The van der Waals surface area contributed by atoms with Crippen LogP contribution in [0.1, 0.15) is 0 Å². The maximum Gasteiger partial charge on any atom is 0.124 e. The van der Waals surface area contributed by atoms with Gasteiger partial charge in [-0.05, 0) is 30.3 Å². The lowest BCUT2D eigenvalue weighted by atomic mass is 10.4. The topological polar surface area (TPSA) is 25.8 Å². The highest BCUT2D eigenvalue weighted by Gasteiger charge is 2.04. The van der Waals surface area contributed by atoms with Gasteiger partial charge in [0.15, 0.2) is 0 Å². The molecule has 1 aromatic heterocycles. The zero-order valence-corrected chi connectivity index (χ0v) is 9.85. The third kappa shape index (κ3) is 2.84. The molecule has 0 radical (unpaired) electrons. The fourth-order valence-electron chi connectivity index (χ4n) is 1.01. The Kier molecular flexibility index (Phi) is 3.46. The first kappa shape index (κ1) is 10.7. The van der Waals surface area contributed by atoms with Crippen molar-refractivity contribution in [1.82, 2.24) is 10.2 Å². The van der Waals surface area contributed by atoms with Crippen LogP contribution in [0.2, 0.25) is 10.0 Å². The average Bonchev–Trinajstić information content (AvgIpc) is 2.24. The van der Waals surface area contributed by atoms with Gasteiger partial charge in [-0.2, -0.15) is 5.10 Å². The zero-order valence-electron chi connectivity index (χ0n) is 7.52. The van der Waals surface area contributed by atoms with Gasteiger partial charge in [0, 0.05) is 16.1 Å². The summed E-state index contributed by atoms with van der Waals surface area (Å²) in [6.45, 7) is 0. The van der Waals surface area contributed by atoms with E-state index in [0.717, 1.165) is 9.92 Å². The van der Waals surface area contributed by atoms with Gasteiger partial charge in [0.2, 0.25) is 0 Å². The Morgan fingerprint density at radius 3 is 2.67 bits per heavy atom. The van der Waals surface area contributed by atoms with E-state index in [0.29, 0.717) is 10.0 Å². The molecular formula is C10H6Cl2N2S. The lowest BCUT2D eigenvalue weighted by Crippen LogP contribution is -1.82. The van der Waals surface area contributed by atoms with Gasteiger partial charge in [0.1, 0.15) is 5.03 Å². The monoisotopic (exact) mass is 256 g/mol.